The minimum Gasteiger partial charge on any atom is -0.510 e. The van der Waals surface area contributed by atoms with Gasteiger partial charge < -0.3 is 9.84 Å². The molecule has 0 unspecified atom stereocenters. The van der Waals surface area contributed by atoms with Crippen molar-refractivity contribution in [2.45, 2.75) is 0 Å². The normalized spacial score (nSPS) is 17.3. The van der Waals surface area contributed by atoms with Crippen molar-refractivity contribution in [2.24, 2.45) is 4.99 Å². The first-order valence-electron chi connectivity index (χ1n) is 5.09. The Morgan fingerprint density at radius 3 is 2.72 bits per heavy atom. The number of thioether (sulfide) groups is 1. The van der Waals surface area contributed by atoms with Gasteiger partial charge in [0.25, 0.3) is 0 Å². The van der Waals surface area contributed by atoms with Crippen molar-refractivity contribution in [1.82, 2.24) is 0 Å². The fourth-order valence-corrected chi connectivity index (χ4v) is 2.37. The van der Waals surface area contributed by atoms with Gasteiger partial charge in [-0.2, -0.15) is 0 Å². The monoisotopic (exact) mass is 267 g/mol. The van der Waals surface area contributed by atoms with Gasteiger partial charge >= 0.3 is 5.97 Å². The van der Waals surface area contributed by atoms with Crippen LogP contribution in [-0.4, -0.2) is 29.0 Å². The van der Waals surface area contributed by atoms with Crippen LogP contribution in [0, 0.1) is 5.82 Å². The lowest BCUT2D eigenvalue weighted by Crippen LogP contribution is -2.10. The first-order chi connectivity index (χ1) is 8.61. The zero-order valence-electron chi connectivity index (χ0n) is 9.51. The third kappa shape index (κ3) is 2.53. The van der Waals surface area contributed by atoms with Crippen molar-refractivity contribution in [3.05, 3.63) is 41.4 Å². The second-order valence-corrected chi connectivity index (χ2v) is 4.46. The van der Waals surface area contributed by atoms with Crippen LogP contribution in [0.4, 0.5) is 10.1 Å². The summed E-state index contributed by atoms with van der Waals surface area (Å²) in [6, 6.07) is 5.54. The number of benzene rings is 1. The number of esters is 1. The largest absolute Gasteiger partial charge is 0.510 e. The summed E-state index contributed by atoms with van der Waals surface area (Å²) in [5.74, 6) is -0.750. The summed E-state index contributed by atoms with van der Waals surface area (Å²) in [4.78, 5) is 15.7. The van der Waals surface area contributed by atoms with E-state index in [1.165, 1.54) is 43.1 Å². The Morgan fingerprint density at radius 2 is 2.11 bits per heavy atom. The first-order valence-corrected chi connectivity index (χ1v) is 6.08. The predicted octanol–water partition coefficient (Wildman–Crippen LogP) is 2.59. The molecule has 0 aromatic heterocycles. The van der Waals surface area contributed by atoms with E-state index in [1.54, 1.807) is 0 Å². The molecule has 2 rings (SSSR count). The van der Waals surface area contributed by atoms with Gasteiger partial charge in [0.15, 0.2) is 0 Å². The average Bonchev–Trinajstić information content (AvgIpc) is 2.72. The van der Waals surface area contributed by atoms with Crippen molar-refractivity contribution in [1.29, 1.82) is 0 Å². The molecular weight excluding hydrogens is 257 g/mol. The molecule has 1 heterocycles. The maximum atomic E-state index is 12.7. The number of halogens is 1. The highest BCUT2D eigenvalue weighted by molar-refractivity contribution is 8.15. The summed E-state index contributed by atoms with van der Waals surface area (Å²) in [5.41, 5.74) is 0.585. The molecule has 6 heteroatoms. The first kappa shape index (κ1) is 12.6. The van der Waals surface area contributed by atoms with E-state index in [1.807, 2.05) is 0 Å². The molecule has 0 atom stereocenters. The molecule has 1 aromatic carbocycles. The second kappa shape index (κ2) is 5.22. The highest BCUT2D eigenvalue weighted by Gasteiger charge is 2.28. The van der Waals surface area contributed by atoms with Gasteiger partial charge in [-0.1, -0.05) is 11.8 Å². The van der Waals surface area contributed by atoms with Crippen LogP contribution in [-0.2, 0) is 9.53 Å². The number of carbonyl (C=O) groups excluding carboxylic acids is 1. The van der Waals surface area contributed by atoms with E-state index in [4.69, 9.17) is 0 Å². The Bertz CT molecular complexity index is 537. The zero-order chi connectivity index (χ0) is 13.1. The van der Waals surface area contributed by atoms with E-state index < -0.39 is 5.97 Å². The summed E-state index contributed by atoms with van der Waals surface area (Å²) >= 11 is 1.23. The number of ether oxygens (including phenoxy) is 1. The number of rotatable bonds is 2. The van der Waals surface area contributed by atoms with Gasteiger partial charge in [0.05, 0.1) is 18.6 Å². The van der Waals surface area contributed by atoms with E-state index in [0.717, 1.165) is 0 Å². The maximum absolute atomic E-state index is 12.7. The van der Waals surface area contributed by atoms with Gasteiger partial charge in [-0.25, -0.2) is 14.2 Å². The quantitative estimate of drug-likeness (QED) is 0.837. The molecule has 18 heavy (non-hydrogen) atoms. The van der Waals surface area contributed by atoms with Gasteiger partial charge in [-0.15, -0.1) is 0 Å². The Kier molecular flexibility index (Phi) is 3.66. The molecule has 0 aliphatic carbocycles. The molecular formula is C12H10FNO3S. The standard InChI is InChI=1S/C12H10FNO3S/c1-17-12(16)10-9(15)6-18-11(10)14-8-4-2-7(13)3-5-8/h2-5,15H,6H2,1H3. The maximum Gasteiger partial charge on any atom is 0.344 e. The SMILES string of the molecule is COC(=O)C1=C(O)CSC1=Nc1ccc(F)cc1. The molecule has 1 N–H and O–H groups in total. The molecule has 1 aromatic rings. The number of hydrogen-bond donors (Lipinski definition) is 1. The Hall–Kier alpha value is -1.82. The van der Waals surface area contributed by atoms with E-state index in [-0.39, 0.29) is 22.9 Å². The van der Waals surface area contributed by atoms with Gasteiger partial charge in [0.2, 0.25) is 0 Å². The Balaban J connectivity index is 2.33. The van der Waals surface area contributed by atoms with Crippen LogP contribution in [0.3, 0.4) is 0 Å². The molecule has 4 nitrogen and oxygen atoms in total. The number of hydrogen-bond acceptors (Lipinski definition) is 5. The number of carbonyl (C=O) groups is 1. The second-order valence-electron chi connectivity index (χ2n) is 3.50. The summed E-state index contributed by atoms with van der Waals surface area (Å²) < 4.78 is 17.3. The van der Waals surface area contributed by atoms with Crippen LogP contribution in [0.2, 0.25) is 0 Å². The average molecular weight is 267 g/mol. The third-order valence-corrected chi connectivity index (χ3v) is 3.28. The smallest absolute Gasteiger partial charge is 0.344 e. The number of aliphatic imine (C=N–C) groups is 1. The molecule has 0 fully saturated rings. The van der Waals surface area contributed by atoms with Crippen molar-refractivity contribution in [3.63, 3.8) is 0 Å². The minimum absolute atomic E-state index is 0.0484. The van der Waals surface area contributed by atoms with E-state index >= 15 is 0 Å². The van der Waals surface area contributed by atoms with Crippen molar-refractivity contribution < 1.29 is 19.0 Å². The molecule has 1 aliphatic heterocycles. The molecule has 0 saturated heterocycles. The van der Waals surface area contributed by atoms with E-state index in [2.05, 4.69) is 9.73 Å². The summed E-state index contributed by atoms with van der Waals surface area (Å²) in [7, 11) is 1.24. The van der Waals surface area contributed by atoms with Crippen LogP contribution in [0.5, 0.6) is 0 Å². The molecule has 0 bridgehead atoms. The van der Waals surface area contributed by atoms with E-state index in [0.29, 0.717) is 10.7 Å². The van der Waals surface area contributed by atoms with Crippen LogP contribution in [0.1, 0.15) is 0 Å². The van der Waals surface area contributed by atoms with Gasteiger partial charge in [-0.05, 0) is 24.3 Å². The lowest BCUT2D eigenvalue weighted by Gasteiger charge is -2.02. The molecule has 1 aliphatic rings. The van der Waals surface area contributed by atoms with Gasteiger partial charge in [-0.3, -0.25) is 0 Å². The van der Waals surface area contributed by atoms with Crippen molar-refractivity contribution in [2.75, 3.05) is 12.9 Å². The molecule has 0 amide bonds. The number of aliphatic hydroxyl groups is 1. The summed E-state index contributed by atoms with van der Waals surface area (Å²) in [5, 5.41) is 9.98. The highest BCUT2D eigenvalue weighted by Crippen LogP contribution is 2.29. The molecule has 0 radical (unpaired) electrons. The highest BCUT2D eigenvalue weighted by atomic mass is 32.2. The summed E-state index contributed by atoms with van der Waals surface area (Å²) in [6.45, 7) is 0. The molecule has 0 saturated carbocycles. The lowest BCUT2D eigenvalue weighted by molar-refractivity contribution is -0.135. The fraction of sp³-hybridized carbons (Fsp3) is 0.167. The van der Waals surface area contributed by atoms with Crippen LogP contribution in [0.25, 0.3) is 0 Å². The van der Waals surface area contributed by atoms with E-state index in [9.17, 15) is 14.3 Å². The topological polar surface area (TPSA) is 58.9 Å². The Labute approximate surface area is 107 Å². The van der Waals surface area contributed by atoms with Crippen molar-refractivity contribution in [3.8, 4) is 0 Å². The fourth-order valence-electron chi connectivity index (χ4n) is 1.43. The zero-order valence-corrected chi connectivity index (χ0v) is 10.3. The van der Waals surface area contributed by atoms with Gasteiger partial charge in [0.1, 0.15) is 22.2 Å². The molecule has 94 valence electrons. The Morgan fingerprint density at radius 1 is 1.44 bits per heavy atom. The number of methoxy groups -OCH3 is 1. The molecule has 0 spiro atoms. The van der Waals surface area contributed by atoms with Crippen LogP contribution >= 0.6 is 11.8 Å². The third-order valence-electron chi connectivity index (χ3n) is 2.29. The van der Waals surface area contributed by atoms with Crippen LogP contribution < -0.4 is 0 Å². The minimum atomic E-state index is -0.627. The van der Waals surface area contributed by atoms with Gasteiger partial charge in [0, 0.05) is 0 Å². The van der Waals surface area contributed by atoms with Crippen molar-refractivity contribution >= 4 is 28.5 Å². The summed E-state index contributed by atoms with van der Waals surface area (Å²) in [6.07, 6.45) is 0. The predicted molar refractivity (Wildman–Crippen MR) is 67.6 cm³/mol. The number of aliphatic hydroxyl groups excluding tert-OH is 1. The lowest BCUT2D eigenvalue weighted by atomic mass is 10.2. The number of nitrogens with zero attached hydrogens (tertiary/aromatic N) is 1. The van der Waals surface area contributed by atoms with Crippen LogP contribution in [0.15, 0.2) is 40.6 Å².